The van der Waals surface area contributed by atoms with E-state index in [0.717, 1.165) is 17.1 Å². The minimum absolute atomic E-state index is 0.227. The lowest BCUT2D eigenvalue weighted by atomic mass is 9.93. The van der Waals surface area contributed by atoms with Crippen LogP contribution in [0.15, 0.2) is 24.3 Å². The highest BCUT2D eigenvalue weighted by Crippen LogP contribution is 2.30. The number of aliphatic carboxylic acids is 1. The predicted octanol–water partition coefficient (Wildman–Crippen LogP) is 1.31. The highest BCUT2D eigenvalue weighted by molar-refractivity contribution is 7.99. The molecule has 2 aliphatic heterocycles. The second-order valence-corrected chi connectivity index (χ2v) is 6.60. The van der Waals surface area contributed by atoms with Crippen molar-refractivity contribution in [2.24, 2.45) is 5.92 Å². The molecule has 0 aromatic heterocycles. The Kier molecular flexibility index (Phi) is 3.80. The van der Waals surface area contributed by atoms with Crippen molar-refractivity contribution in [2.45, 2.75) is 18.4 Å². The Hall–Kier alpha value is -1.69. The van der Waals surface area contributed by atoms with Crippen molar-refractivity contribution in [3.05, 3.63) is 29.8 Å². The van der Waals surface area contributed by atoms with Crippen LogP contribution in [0.2, 0.25) is 0 Å². The van der Waals surface area contributed by atoms with E-state index < -0.39 is 11.5 Å². The number of carboxylic acid groups (broad SMARTS) is 1. The molecule has 3 rings (SSSR count). The molecule has 0 aliphatic carbocycles. The molecule has 0 radical (unpaired) electrons. The number of para-hydroxylation sites is 1. The third-order valence-electron chi connectivity index (χ3n) is 4.04. The van der Waals surface area contributed by atoms with Gasteiger partial charge in [0.2, 0.25) is 5.91 Å². The fourth-order valence-electron chi connectivity index (χ4n) is 2.72. The molecular weight excluding hydrogens is 290 g/mol. The maximum Gasteiger partial charge on any atom is 0.330 e. The fourth-order valence-corrected chi connectivity index (χ4v) is 4.05. The van der Waals surface area contributed by atoms with Crippen LogP contribution in [0.4, 0.5) is 0 Å². The van der Waals surface area contributed by atoms with Gasteiger partial charge < -0.3 is 15.2 Å². The first kappa shape index (κ1) is 14.3. The van der Waals surface area contributed by atoms with Gasteiger partial charge in [-0.2, -0.15) is 11.8 Å². The number of fused-ring (bicyclic) bond motifs is 1. The number of hydrogen-bond donors (Lipinski definition) is 2. The standard InChI is InChI=1S/C15H17NO4S/c17-13(16-15(14(18)19)5-6-21-9-15)11-7-10-3-1-2-4-12(10)20-8-11/h1-4,11H,5-9H2,(H,16,17)(H,18,19)/t11-,15-/m0/s1. The topological polar surface area (TPSA) is 75.6 Å². The second-order valence-electron chi connectivity index (χ2n) is 5.50. The monoisotopic (exact) mass is 307 g/mol. The molecule has 1 fully saturated rings. The van der Waals surface area contributed by atoms with Crippen molar-refractivity contribution in [2.75, 3.05) is 18.1 Å². The average molecular weight is 307 g/mol. The first-order chi connectivity index (χ1) is 10.1. The van der Waals surface area contributed by atoms with Gasteiger partial charge in [0, 0.05) is 5.75 Å². The number of carbonyl (C=O) groups is 2. The Morgan fingerprint density at radius 3 is 2.90 bits per heavy atom. The normalized spacial score (nSPS) is 27.5. The molecule has 2 aliphatic rings. The average Bonchev–Trinajstić information content (AvgIpc) is 2.96. The number of nitrogens with one attached hydrogen (secondary N) is 1. The highest BCUT2D eigenvalue weighted by Gasteiger charge is 2.44. The van der Waals surface area contributed by atoms with Crippen LogP contribution in [0.1, 0.15) is 12.0 Å². The molecule has 1 saturated heterocycles. The summed E-state index contributed by atoms with van der Waals surface area (Å²) in [4.78, 5) is 23.9. The van der Waals surface area contributed by atoms with Crippen LogP contribution in [0, 0.1) is 5.92 Å². The van der Waals surface area contributed by atoms with E-state index in [-0.39, 0.29) is 11.8 Å². The molecule has 5 nitrogen and oxygen atoms in total. The van der Waals surface area contributed by atoms with E-state index in [1.54, 1.807) is 11.8 Å². The minimum atomic E-state index is -1.11. The Labute approximate surface area is 127 Å². The van der Waals surface area contributed by atoms with E-state index in [0.29, 0.717) is 25.2 Å². The summed E-state index contributed by atoms with van der Waals surface area (Å²) in [7, 11) is 0. The summed E-state index contributed by atoms with van der Waals surface area (Å²) < 4.78 is 5.60. The van der Waals surface area contributed by atoms with Gasteiger partial charge in [0.1, 0.15) is 17.9 Å². The SMILES string of the molecule is O=C(N[C@@]1(C(=O)O)CCSC1)[C@@H]1COc2ccccc2C1. The highest BCUT2D eigenvalue weighted by atomic mass is 32.2. The molecular formula is C15H17NO4S. The molecule has 0 saturated carbocycles. The lowest BCUT2D eigenvalue weighted by Gasteiger charge is -2.29. The van der Waals surface area contributed by atoms with Gasteiger partial charge in [-0.05, 0) is 30.2 Å². The number of thioether (sulfide) groups is 1. The summed E-state index contributed by atoms with van der Waals surface area (Å²) in [5.41, 5.74) is -0.118. The van der Waals surface area contributed by atoms with Gasteiger partial charge in [-0.25, -0.2) is 4.79 Å². The van der Waals surface area contributed by atoms with E-state index in [1.807, 2.05) is 24.3 Å². The van der Waals surface area contributed by atoms with E-state index >= 15 is 0 Å². The Morgan fingerprint density at radius 2 is 2.19 bits per heavy atom. The maximum atomic E-state index is 12.4. The van der Waals surface area contributed by atoms with Crippen LogP contribution in [0.25, 0.3) is 0 Å². The first-order valence-electron chi connectivity index (χ1n) is 6.95. The van der Waals surface area contributed by atoms with Gasteiger partial charge in [-0.15, -0.1) is 0 Å². The zero-order valence-corrected chi connectivity index (χ0v) is 12.3. The molecule has 21 heavy (non-hydrogen) atoms. The molecule has 1 amide bonds. The zero-order valence-electron chi connectivity index (χ0n) is 11.5. The smallest absolute Gasteiger partial charge is 0.330 e. The van der Waals surface area contributed by atoms with Crippen molar-refractivity contribution in [1.82, 2.24) is 5.32 Å². The van der Waals surface area contributed by atoms with Crippen molar-refractivity contribution in [1.29, 1.82) is 0 Å². The summed E-state index contributed by atoms with van der Waals surface area (Å²) in [6.45, 7) is 0.297. The number of benzene rings is 1. The number of amides is 1. The van der Waals surface area contributed by atoms with Gasteiger partial charge in [0.25, 0.3) is 0 Å². The Balaban J connectivity index is 1.71. The maximum absolute atomic E-state index is 12.4. The number of ether oxygens (including phenoxy) is 1. The van der Waals surface area contributed by atoms with E-state index in [9.17, 15) is 14.7 Å². The van der Waals surface area contributed by atoms with E-state index in [2.05, 4.69) is 5.32 Å². The summed E-state index contributed by atoms with van der Waals surface area (Å²) >= 11 is 1.56. The van der Waals surface area contributed by atoms with Crippen molar-refractivity contribution < 1.29 is 19.4 Å². The van der Waals surface area contributed by atoms with Crippen molar-refractivity contribution >= 4 is 23.6 Å². The van der Waals surface area contributed by atoms with Crippen LogP contribution in [-0.4, -0.2) is 40.6 Å². The molecule has 2 heterocycles. The van der Waals surface area contributed by atoms with Crippen molar-refractivity contribution in [3.63, 3.8) is 0 Å². The first-order valence-corrected chi connectivity index (χ1v) is 8.10. The molecule has 0 unspecified atom stereocenters. The summed E-state index contributed by atoms with van der Waals surface area (Å²) in [5, 5.41) is 12.2. The molecule has 1 aromatic carbocycles. The summed E-state index contributed by atoms with van der Waals surface area (Å²) in [6, 6.07) is 7.63. The van der Waals surface area contributed by atoms with Crippen LogP contribution >= 0.6 is 11.8 Å². The molecule has 112 valence electrons. The number of rotatable bonds is 3. The summed E-state index contributed by atoms with van der Waals surface area (Å²) in [6.07, 6.45) is 1.06. The van der Waals surface area contributed by atoms with Crippen LogP contribution < -0.4 is 10.1 Å². The molecule has 2 atom stereocenters. The molecule has 0 bridgehead atoms. The lowest BCUT2D eigenvalue weighted by molar-refractivity contribution is -0.147. The quantitative estimate of drug-likeness (QED) is 0.881. The summed E-state index contributed by atoms with van der Waals surface area (Å²) in [5.74, 6) is 0.495. The molecule has 2 N–H and O–H groups in total. The van der Waals surface area contributed by atoms with Crippen LogP contribution in [0.3, 0.4) is 0 Å². The van der Waals surface area contributed by atoms with E-state index in [1.165, 1.54) is 0 Å². The lowest BCUT2D eigenvalue weighted by Crippen LogP contribution is -2.57. The second kappa shape index (κ2) is 5.60. The largest absolute Gasteiger partial charge is 0.492 e. The zero-order chi connectivity index (χ0) is 14.9. The van der Waals surface area contributed by atoms with Gasteiger partial charge in [-0.3, -0.25) is 4.79 Å². The third kappa shape index (κ3) is 2.72. The van der Waals surface area contributed by atoms with Gasteiger partial charge in [-0.1, -0.05) is 18.2 Å². The molecule has 1 aromatic rings. The number of carbonyl (C=O) groups excluding carboxylic acids is 1. The fraction of sp³-hybridized carbons (Fsp3) is 0.467. The van der Waals surface area contributed by atoms with Crippen LogP contribution in [0.5, 0.6) is 5.75 Å². The van der Waals surface area contributed by atoms with Crippen molar-refractivity contribution in [3.8, 4) is 5.75 Å². The van der Waals surface area contributed by atoms with Gasteiger partial charge >= 0.3 is 5.97 Å². The molecule has 0 spiro atoms. The number of hydrogen-bond acceptors (Lipinski definition) is 4. The van der Waals surface area contributed by atoms with E-state index in [4.69, 9.17) is 4.74 Å². The Bertz CT molecular complexity index is 569. The minimum Gasteiger partial charge on any atom is -0.492 e. The predicted molar refractivity (Wildman–Crippen MR) is 79.6 cm³/mol. The third-order valence-corrected chi connectivity index (χ3v) is 5.23. The van der Waals surface area contributed by atoms with Gasteiger partial charge in [0.05, 0.1) is 5.92 Å². The van der Waals surface area contributed by atoms with Gasteiger partial charge in [0.15, 0.2) is 0 Å². The number of carboxylic acids is 1. The Morgan fingerprint density at radius 1 is 1.38 bits per heavy atom. The molecule has 6 heteroatoms. The van der Waals surface area contributed by atoms with Crippen LogP contribution in [-0.2, 0) is 16.0 Å².